The van der Waals surface area contributed by atoms with Crippen molar-refractivity contribution in [2.45, 2.75) is 0 Å². The first-order valence-corrected chi connectivity index (χ1v) is 13.6. The average Bonchev–Trinajstić information content (AvgIpc) is 3.61. The molecule has 0 unspecified atom stereocenters. The highest BCUT2D eigenvalue weighted by Crippen LogP contribution is 2.39. The third-order valence-electron chi connectivity index (χ3n) is 7.82. The summed E-state index contributed by atoms with van der Waals surface area (Å²) in [5.41, 5.74) is 10.5. The van der Waals surface area contributed by atoms with Crippen LogP contribution in [0.25, 0.3) is 66.5 Å². The highest BCUT2D eigenvalue weighted by molar-refractivity contribution is 6.19. The highest BCUT2D eigenvalue weighted by Gasteiger charge is 2.17. The number of hydrogen-bond donors (Lipinski definition) is 0. The van der Waals surface area contributed by atoms with Gasteiger partial charge in [0.25, 0.3) is 0 Å². The van der Waals surface area contributed by atoms with E-state index in [1.54, 1.807) is 0 Å². The molecule has 0 radical (unpaired) electrons. The molecule has 0 N–H and O–H groups in total. The van der Waals surface area contributed by atoms with E-state index in [9.17, 15) is 0 Å². The van der Waals surface area contributed by atoms with Crippen LogP contribution < -0.4 is 0 Å². The predicted molar refractivity (Wildman–Crippen MR) is 166 cm³/mol. The molecule has 0 saturated carbocycles. The zero-order valence-corrected chi connectivity index (χ0v) is 21.8. The summed E-state index contributed by atoms with van der Waals surface area (Å²) in [5, 5.41) is 3.74. The minimum atomic E-state index is 0.988. The maximum absolute atomic E-state index is 4.50. The Balaban J connectivity index is 1.35. The number of rotatable bonds is 4. The van der Waals surface area contributed by atoms with Gasteiger partial charge in [-0.1, -0.05) is 78.9 Å². The topological polar surface area (TPSA) is 22.8 Å². The number of aromatic nitrogens is 3. The minimum Gasteiger partial charge on any atom is -0.316 e. The smallest absolute Gasteiger partial charge is 0.0701 e. The van der Waals surface area contributed by atoms with Crippen molar-refractivity contribution in [2.24, 2.45) is 0 Å². The summed E-state index contributed by atoms with van der Waals surface area (Å²) in [6, 6.07) is 49.6. The van der Waals surface area contributed by atoms with Crippen LogP contribution in [0.2, 0.25) is 0 Å². The Morgan fingerprint density at radius 1 is 0.450 bits per heavy atom. The summed E-state index contributed by atoms with van der Waals surface area (Å²) in [4.78, 5) is 4.50. The largest absolute Gasteiger partial charge is 0.316 e. The number of nitrogens with zero attached hydrogens (tertiary/aromatic N) is 3. The van der Waals surface area contributed by atoms with Gasteiger partial charge < -0.3 is 9.13 Å². The molecule has 3 heteroatoms. The fourth-order valence-electron chi connectivity index (χ4n) is 5.93. The van der Waals surface area contributed by atoms with Gasteiger partial charge in [0.15, 0.2) is 0 Å². The summed E-state index contributed by atoms with van der Waals surface area (Å²) in [7, 11) is 0. The van der Waals surface area contributed by atoms with Crippen LogP contribution in [-0.4, -0.2) is 14.1 Å². The maximum Gasteiger partial charge on any atom is 0.0701 e. The lowest BCUT2D eigenvalue weighted by molar-refractivity contribution is 1.13. The molecule has 3 heterocycles. The van der Waals surface area contributed by atoms with Crippen molar-refractivity contribution in [1.29, 1.82) is 0 Å². The molecule has 40 heavy (non-hydrogen) atoms. The van der Waals surface area contributed by atoms with Crippen molar-refractivity contribution in [1.82, 2.24) is 14.1 Å². The van der Waals surface area contributed by atoms with E-state index in [1.807, 2.05) is 24.4 Å². The molecular formula is C37H25N3. The van der Waals surface area contributed by atoms with E-state index in [1.165, 1.54) is 43.8 Å². The molecule has 0 aliphatic carbocycles. The second-order valence-corrected chi connectivity index (χ2v) is 10.1. The Bertz CT molecular complexity index is 2120. The van der Waals surface area contributed by atoms with E-state index in [-0.39, 0.29) is 0 Å². The van der Waals surface area contributed by atoms with Gasteiger partial charge in [0.1, 0.15) is 0 Å². The molecular weight excluding hydrogens is 486 g/mol. The van der Waals surface area contributed by atoms with Crippen molar-refractivity contribution in [3.05, 3.63) is 152 Å². The van der Waals surface area contributed by atoms with Crippen molar-refractivity contribution in [2.75, 3.05) is 0 Å². The van der Waals surface area contributed by atoms with E-state index >= 15 is 0 Å². The zero-order valence-electron chi connectivity index (χ0n) is 21.8. The van der Waals surface area contributed by atoms with Crippen molar-refractivity contribution >= 4 is 32.7 Å². The molecule has 8 rings (SSSR count). The molecule has 0 fully saturated rings. The zero-order chi connectivity index (χ0) is 26.5. The Morgan fingerprint density at radius 2 is 1.12 bits per heavy atom. The van der Waals surface area contributed by atoms with E-state index in [2.05, 4.69) is 142 Å². The third kappa shape index (κ3) is 3.56. The molecule has 8 aromatic rings. The minimum absolute atomic E-state index is 0.988. The molecule has 5 aromatic carbocycles. The number of para-hydroxylation sites is 2. The molecule has 0 bridgehead atoms. The van der Waals surface area contributed by atoms with Crippen molar-refractivity contribution in [3.8, 4) is 33.8 Å². The Labute approximate surface area is 232 Å². The Morgan fingerprint density at radius 3 is 1.88 bits per heavy atom. The fraction of sp³-hybridized carbons (Fsp3) is 0. The maximum atomic E-state index is 4.50. The normalized spacial score (nSPS) is 11.5. The quantitative estimate of drug-likeness (QED) is 0.231. The second-order valence-electron chi connectivity index (χ2n) is 10.1. The van der Waals surface area contributed by atoms with Crippen LogP contribution in [0.15, 0.2) is 152 Å². The summed E-state index contributed by atoms with van der Waals surface area (Å²) < 4.78 is 4.69. The highest BCUT2D eigenvalue weighted by atomic mass is 15.0. The molecule has 0 atom stereocenters. The molecule has 3 nitrogen and oxygen atoms in total. The Hall–Kier alpha value is -5.41. The van der Waals surface area contributed by atoms with Gasteiger partial charge in [-0.15, -0.1) is 0 Å². The molecule has 0 saturated heterocycles. The molecule has 188 valence electrons. The van der Waals surface area contributed by atoms with Crippen molar-refractivity contribution in [3.63, 3.8) is 0 Å². The van der Waals surface area contributed by atoms with Crippen LogP contribution in [0.1, 0.15) is 0 Å². The monoisotopic (exact) mass is 511 g/mol. The van der Waals surface area contributed by atoms with Gasteiger partial charge in [-0.25, -0.2) is 0 Å². The van der Waals surface area contributed by atoms with Crippen LogP contribution in [0.4, 0.5) is 0 Å². The first-order valence-electron chi connectivity index (χ1n) is 13.6. The van der Waals surface area contributed by atoms with E-state index in [0.717, 1.165) is 22.6 Å². The molecule has 0 amide bonds. The predicted octanol–water partition coefficient (Wildman–Crippen LogP) is 9.46. The Kier molecular flexibility index (Phi) is 5.14. The van der Waals surface area contributed by atoms with Crippen LogP contribution in [0, 0.1) is 0 Å². The number of fused-ring (bicyclic) bond motifs is 5. The number of benzene rings is 5. The third-order valence-corrected chi connectivity index (χ3v) is 7.82. The number of pyridine rings is 1. The van der Waals surface area contributed by atoms with Gasteiger partial charge in [-0.3, -0.25) is 4.98 Å². The first kappa shape index (κ1) is 22.6. The fourth-order valence-corrected chi connectivity index (χ4v) is 5.93. The van der Waals surface area contributed by atoms with Crippen LogP contribution in [-0.2, 0) is 0 Å². The summed E-state index contributed by atoms with van der Waals surface area (Å²) >= 11 is 0. The molecule has 0 aliphatic heterocycles. The second kappa shape index (κ2) is 9.11. The van der Waals surface area contributed by atoms with Gasteiger partial charge >= 0.3 is 0 Å². The van der Waals surface area contributed by atoms with Crippen LogP contribution in [0.3, 0.4) is 0 Å². The van der Waals surface area contributed by atoms with Gasteiger partial charge in [0, 0.05) is 45.5 Å². The average molecular weight is 512 g/mol. The van der Waals surface area contributed by atoms with E-state index in [0.29, 0.717) is 0 Å². The summed E-state index contributed by atoms with van der Waals surface area (Å²) in [6.07, 6.45) is 4.02. The lowest BCUT2D eigenvalue weighted by atomic mass is 10.0. The van der Waals surface area contributed by atoms with Gasteiger partial charge in [-0.05, 0) is 71.8 Å². The van der Waals surface area contributed by atoms with Gasteiger partial charge in [-0.2, -0.15) is 0 Å². The van der Waals surface area contributed by atoms with Crippen LogP contribution >= 0.6 is 0 Å². The summed E-state index contributed by atoms with van der Waals surface area (Å²) in [6.45, 7) is 0. The lowest BCUT2D eigenvalue weighted by Gasteiger charge is -2.10. The first-order chi connectivity index (χ1) is 19.8. The molecule has 3 aromatic heterocycles. The standard InChI is InChI=1S/C37H25N3/c1-3-9-29(10-4-1)39-24-22-32-35(39)21-19-31-33-25-28(26-14-16-27(17-15-26)34-13-7-8-23-38-34)18-20-36(33)40(37(31)32)30-11-5-2-6-12-30/h1-25H. The van der Waals surface area contributed by atoms with Gasteiger partial charge in [0.2, 0.25) is 0 Å². The van der Waals surface area contributed by atoms with E-state index in [4.69, 9.17) is 0 Å². The van der Waals surface area contributed by atoms with Crippen LogP contribution in [0.5, 0.6) is 0 Å². The van der Waals surface area contributed by atoms with E-state index < -0.39 is 0 Å². The molecule has 0 spiro atoms. The van der Waals surface area contributed by atoms with Gasteiger partial charge in [0.05, 0.1) is 22.2 Å². The number of hydrogen-bond acceptors (Lipinski definition) is 1. The molecule has 0 aliphatic rings. The lowest BCUT2D eigenvalue weighted by Crippen LogP contribution is -1.94. The summed E-state index contributed by atoms with van der Waals surface area (Å²) in [5.74, 6) is 0. The SMILES string of the molecule is c1ccc(-n2ccc3c2ccc2c4cc(-c5ccc(-c6ccccn6)cc5)ccc4n(-c4ccccc4)c23)cc1. The van der Waals surface area contributed by atoms with Crippen molar-refractivity contribution < 1.29 is 0 Å².